The highest BCUT2D eigenvalue weighted by Crippen LogP contribution is 2.30. The van der Waals surface area contributed by atoms with E-state index in [0.29, 0.717) is 42.6 Å². The number of nitriles is 1. The van der Waals surface area contributed by atoms with Gasteiger partial charge in [0.05, 0.1) is 36.5 Å². The molecule has 1 fully saturated rings. The second kappa shape index (κ2) is 9.47. The number of para-hydroxylation sites is 1. The Morgan fingerprint density at radius 2 is 1.97 bits per heavy atom. The maximum Gasteiger partial charge on any atom is 0.266 e. The van der Waals surface area contributed by atoms with Gasteiger partial charge in [0.25, 0.3) is 5.91 Å². The Morgan fingerprint density at radius 1 is 1.19 bits per heavy atom. The van der Waals surface area contributed by atoms with Gasteiger partial charge in [-0.3, -0.25) is 4.79 Å². The van der Waals surface area contributed by atoms with Crippen molar-refractivity contribution >= 4 is 35.0 Å². The van der Waals surface area contributed by atoms with E-state index in [1.54, 1.807) is 29.2 Å². The number of benzene rings is 2. The number of nitrogens with one attached hydrogen (secondary N) is 1. The number of anilines is 2. The number of rotatable bonds is 5. The van der Waals surface area contributed by atoms with Crippen molar-refractivity contribution in [2.75, 3.05) is 36.5 Å². The van der Waals surface area contributed by atoms with Gasteiger partial charge in [0.15, 0.2) is 0 Å². The van der Waals surface area contributed by atoms with Crippen LogP contribution in [-0.4, -0.2) is 42.0 Å². The summed E-state index contributed by atoms with van der Waals surface area (Å²) in [6, 6.07) is 16.9. The van der Waals surface area contributed by atoms with Crippen molar-refractivity contribution in [3.05, 3.63) is 77.1 Å². The van der Waals surface area contributed by atoms with Crippen LogP contribution >= 0.6 is 11.6 Å². The average molecular weight is 434 g/mol. The molecule has 0 bridgehead atoms. The molecule has 0 spiro atoms. The molecule has 0 unspecified atom stereocenters. The fraction of sp³-hybridized carbons (Fsp3) is 0.174. The first-order valence-electron chi connectivity index (χ1n) is 9.79. The summed E-state index contributed by atoms with van der Waals surface area (Å²) >= 11 is 6.16. The van der Waals surface area contributed by atoms with Crippen LogP contribution < -0.4 is 10.2 Å². The molecule has 1 aliphatic heterocycles. The Bertz CT molecular complexity index is 1140. The molecule has 4 rings (SSSR count). The third-order valence-electron chi connectivity index (χ3n) is 4.86. The highest BCUT2D eigenvalue weighted by Gasteiger charge is 2.18. The normalized spacial score (nSPS) is 14.2. The topological polar surface area (TPSA) is 83.2 Å². The number of morpholine rings is 1. The molecule has 7 nitrogen and oxygen atoms in total. The van der Waals surface area contributed by atoms with E-state index in [0.717, 1.165) is 11.4 Å². The number of halogens is 1. The number of aromatic nitrogens is 2. The first-order chi connectivity index (χ1) is 15.1. The Labute approximate surface area is 185 Å². The third kappa shape index (κ3) is 4.94. The Kier molecular flexibility index (Phi) is 6.32. The Balaban J connectivity index is 1.56. The maximum atomic E-state index is 12.9. The molecule has 1 amide bonds. The van der Waals surface area contributed by atoms with Crippen molar-refractivity contribution in [3.63, 3.8) is 0 Å². The molecular weight excluding hydrogens is 414 g/mol. The van der Waals surface area contributed by atoms with Gasteiger partial charge in [-0.2, -0.15) is 10.4 Å². The molecule has 0 atom stereocenters. The van der Waals surface area contributed by atoms with Crippen LogP contribution in [-0.2, 0) is 9.53 Å². The summed E-state index contributed by atoms with van der Waals surface area (Å²) in [4.78, 5) is 15.0. The monoisotopic (exact) mass is 433 g/mol. The van der Waals surface area contributed by atoms with Gasteiger partial charge in [-0.1, -0.05) is 29.8 Å². The van der Waals surface area contributed by atoms with E-state index in [1.807, 2.05) is 42.5 Å². The number of ether oxygens (including phenoxy) is 1. The van der Waals surface area contributed by atoms with Gasteiger partial charge >= 0.3 is 0 Å². The SMILES string of the molecule is N#C/C(=C\c1cnn(-c2ccccc2)c1)C(=O)Nc1cc(Cl)ccc1N1CCOCC1. The lowest BCUT2D eigenvalue weighted by Crippen LogP contribution is -2.36. The maximum absolute atomic E-state index is 12.9. The predicted molar refractivity (Wildman–Crippen MR) is 120 cm³/mol. The summed E-state index contributed by atoms with van der Waals surface area (Å²) in [6.07, 6.45) is 4.88. The number of nitrogens with zero attached hydrogens (tertiary/aromatic N) is 4. The van der Waals surface area contributed by atoms with Gasteiger partial charge < -0.3 is 15.0 Å². The van der Waals surface area contributed by atoms with Crippen LogP contribution in [0.5, 0.6) is 0 Å². The highest BCUT2D eigenvalue weighted by atomic mass is 35.5. The summed E-state index contributed by atoms with van der Waals surface area (Å²) in [5, 5.41) is 17.2. The van der Waals surface area contributed by atoms with Gasteiger partial charge in [-0.05, 0) is 36.4 Å². The second-order valence-corrected chi connectivity index (χ2v) is 7.38. The molecule has 156 valence electrons. The minimum atomic E-state index is -0.508. The van der Waals surface area contributed by atoms with Gasteiger partial charge in [0.2, 0.25) is 0 Å². The zero-order chi connectivity index (χ0) is 21.6. The molecular formula is C23H20ClN5O2. The highest BCUT2D eigenvalue weighted by molar-refractivity contribution is 6.31. The molecule has 1 aliphatic rings. The van der Waals surface area contributed by atoms with Crippen molar-refractivity contribution < 1.29 is 9.53 Å². The summed E-state index contributed by atoms with van der Waals surface area (Å²) in [6.45, 7) is 2.66. The van der Waals surface area contributed by atoms with E-state index >= 15 is 0 Å². The molecule has 3 aromatic rings. The first kappa shape index (κ1) is 20.7. The molecule has 1 aromatic heterocycles. The standard InChI is InChI=1S/C23H20ClN5O2/c24-19-6-7-22(28-8-10-31-11-9-28)21(13-19)27-23(30)18(14-25)12-17-15-26-29(16-17)20-4-2-1-3-5-20/h1-7,12-13,15-16H,8-11H2,(H,27,30)/b18-12+. The lowest BCUT2D eigenvalue weighted by molar-refractivity contribution is -0.112. The number of hydrogen-bond donors (Lipinski definition) is 1. The van der Waals surface area contributed by atoms with E-state index < -0.39 is 5.91 Å². The summed E-state index contributed by atoms with van der Waals surface area (Å²) in [5.74, 6) is -0.508. The molecule has 31 heavy (non-hydrogen) atoms. The van der Waals surface area contributed by atoms with E-state index in [9.17, 15) is 10.1 Å². The predicted octanol–water partition coefficient (Wildman–Crippen LogP) is 3.91. The number of carbonyl (C=O) groups excluding carboxylic acids is 1. The van der Waals surface area contributed by atoms with E-state index in [4.69, 9.17) is 16.3 Å². The quantitative estimate of drug-likeness (QED) is 0.487. The first-order valence-corrected chi connectivity index (χ1v) is 10.2. The molecule has 0 aliphatic carbocycles. The second-order valence-electron chi connectivity index (χ2n) is 6.94. The summed E-state index contributed by atoms with van der Waals surface area (Å²) < 4.78 is 7.09. The van der Waals surface area contributed by atoms with Crippen molar-refractivity contribution in [3.8, 4) is 11.8 Å². The number of hydrogen-bond acceptors (Lipinski definition) is 5. The van der Waals surface area contributed by atoms with Crippen LogP contribution in [0.1, 0.15) is 5.56 Å². The minimum Gasteiger partial charge on any atom is -0.378 e. The molecule has 0 saturated carbocycles. The molecule has 2 aromatic carbocycles. The van der Waals surface area contributed by atoms with Crippen molar-refractivity contribution in [2.24, 2.45) is 0 Å². The largest absolute Gasteiger partial charge is 0.378 e. The van der Waals surface area contributed by atoms with Crippen molar-refractivity contribution in [1.82, 2.24) is 9.78 Å². The average Bonchev–Trinajstić information content (AvgIpc) is 3.27. The molecule has 1 saturated heterocycles. The van der Waals surface area contributed by atoms with Crippen molar-refractivity contribution in [2.45, 2.75) is 0 Å². The van der Waals surface area contributed by atoms with Crippen LogP contribution in [0.3, 0.4) is 0 Å². The molecule has 2 heterocycles. The molecule has 8 heteroatoms. The molecule has 1 N–H and O–H groups in total. The fourth-order valence-electron chi connectivity index (χ4n) is 3.33. The van der Waals surface area contributed by atoms with Gasteiger partial charge in [-0.15, -0.1) is 0 Å². The summed E-state index contributed by atoms with van der Waals surface area (Å²) in [7, 11) is 0. The van der Waals surface area contributed by atoms with Crippen LogP contribution in [0, 0.1) is 11.3 Å². The van der Waals surface area contributed by atoms with E-state index in [1.165, 1.54) is 6.08 Å². The van der Waals surface area contributed by atoms with Gasteiger partial charge in [-0.25, -0.2) is 4.68 Å². The van der Waals surface area contributed by atoms with Crippen LogP contribution in [0.25, 0.3) is 11.8 Å². The zero-order valence-electron chi connectivity index (χ0n) is 16.7. The van der Waals surface area contributed by atoms with Crippen molar-refractivity contribution in [1.29, 1.82) is 5.26 Å². The Hall–Kier alpha value is -3.60. The minimum absolute atomic E-state index is 0.0273. The van der Waals surface area contributed by atoms with Crippen LogP contribution in [0.4, 0.5) is 11.4 Å². The van der Waals surface area contributed by atoms with E-state index in [-0.39, 0.29) is 5.57 Å². The lowest BCUT2D eigenvalue weighted by atomic mass is 10.1. The smallest absolute Gasteiger partial charge is 0.266 e. The summed E-state index contributed by atoms with van der Waals surface area (Å²) in [5.41, 5.74) is 2.91. The molecule has 0 radical (unpaired) electrons. The van der Waals surface area contributed by atoms with Gasteiger partial charge in [0.1, 0.15) is 11.6 Å². The number of carbonyl (C=O) groups is 1. The number of amides is 1. The fourth-order valence-corrected chi connectivity index (χ4v) is 3.50. The third-order valence-corrected chi connectivity index (χ3v) is 5.09. The zero-order valence-corrected chi connectivity index (χ0v) is 17.4. The van der Waals surface area contributed by atoms with Crippen LogP contribution in [0.15, 0.2) is 66.5 Å². The van der Waals surface area contributed by atoms with Gasteiger partial charge in [0, 0.05) is 29.9 Å². The lowest BCUT2D eigenvalue weighted by Gasteiger charge is -2.30. The Morgan fingerprint density at radius 3 is 2.71 bits per heavy atom. The van der Waals surface area contributed by atoms with Crippen LogP contribution in [0.2, 0.25) is 5.02 Å². The van der Waals surface area contributed by atoms with E-state index in [2.05, 4.69) is 15.3 Å².